The number of allylic oxidation sites excluding steroid dienone is 6. The van der Waals surface area contributed by atoms with E-state index in [1.165, 1.54) is 44.9 Å². The van der Waals surface area contributed by atoms with Crippen molar-refractivity contribution in [1.82, 2.24) is 0 Å². The standard InChI is InChI=1S/C17H29/c1-3-5-7-9-11-13-15-17-16-14-12-10-8-6-4-2/h8,10,12,14-15,17H,1,3-7,9,11,13,16H2,2H3/b10-8+,14-12+,17-15+. The largest absolute Gasteiger partial charge is 0.0882 e. The molecule has 0 N–H and O–H groups in total. The third kappa shape index (κ3) is 15.2. The third-order valence-corrected chi connectivity index (χ3v) is 2.65. The molecule has 0 aliphatic carbocycles. The molecule has 0 unspecified atom stereocenters. The zero-order valence-corrected chi connectivity index (χ0v) is 11.5. The Kier molecular flexibility index (Phi) is 14.5. The van der Waals surface area contributed by atoms with E-state index >= 15 is 0 Å². The molecule has 97 valence electrons. The summed E-state index contributed by atoms with van der Waals surface area (Å²) in [5.74, 6) is 0. The molecule has 0 atom stereocenters. The summed E-state index contributed by atoms with van der Waals surface area (Å²) >= 11 is 0. The summed E-state index contributed by atoms with van der Waals surface area (Å²) in [4.78, 5) is 0. The second kappa shape index (κ2) is 15.2. The van der Waals surface area contributed by atoms with Gasteiger partial charge in [0.05, 0.1) is 0 Å². The Morgan fingerprint density at radius 1 is 0.765 bits per heavy atom. The van der Waals surface area contributed by atoms with Crippen molar-refractivity contribution in [1.29, 1.82) is 0 Å². The maximum atomic E-state index is 3.85. The van der Waals surface area contributed by atoms with Crippen LogP contribution < -0.4 is 0 Å². The van der Waals surface area contributed by atoms with Gasteiger partial charge in [0.2, 0.25) is 0 Å². The smallest absolute Gasteiger partial charge is 0.0166 e. The normalized spacial score (nSPS) is 12.4. The molecule has 0 bridgehead atoms. The van der Waals surface area contributed by atoms with E-state index in [4.69, 9.17) is 0 Å². The lowest BCUT2D eigenvalue weighted by molar-refractivity contribution is 0.651. The highest BCUT2D eigenvalue weighted by molar-refractivity contribution is 5.04. The molecule has 0 heterocycles. The minimum Gasteiger partial charge on any atom is -0.0882 e. The Morgan fingerprint density at radius 3 is 2.29 bits per heavy atom. The minimum absolute atomic E-state index is 1.06. The first-order chi connectivity index (χ1) is 8.41. The molecule has 0 heteroatoms. The van der Waals surface area contributed by atoms with Crippen molar-refractivity contribution in [3.8, 4) is 0 Å². The lowest BCUT2D eigenvalue weighted by atomic mass is 10.1. The third-order valence-electron chi connectivity index (χ3n) is 2.65. The highest BCUT2D eigenvalue weighted by Gasteiger charge is 1.85. The van der Waals surface area contributed by atoms with Gasteiger partial charge in [-0.25, -0.2) is 0 Å². The molecular formula is C17H29. The van der Waals surface area contributed by atoms with Crippen LogP contribution in [-0.4, -0.2) is 0 Å². The molecule has 0 aromatic rings. The van der Waals surface area contributed by atoms with E-state index in [2.05, 4.69) is 50.3 Å². The predicted molar refractivity (Wildman–Crippen MR) is 80.0 cm³/mol. The Morgan fingerprint density at radius 2 is 1.53 bits per heavy atom. The predicted octanol–water partition coefficient (Wildman–Crippen LogP) is 6.02. The van der Waals surface area contributed by atoms with Gasteiger partial charge in [-0.3, -0.25) is 0 Å². The minimum atomic E-state index is 1.06. The van der Waals surface area contributed by atoms with Crippen molar-refractivity contribution < 1.29 is 0 Å². The molecule has 0 nitrogen and oxygen atoms in total. The lowest BCUT2D eigenvalue weighted by Gasteiger charge is -1.95. The van der Waals surface area contributed by atoms with Crippen LogP contribution >= 0.6 is 0 Å². The first kappa shape index (κ1) is 16.2. The first-order valence-corrected chi connectivity index (χ1v) is 7.17. The Labute approximate surface area is 109 Å². The molecule has 0 fully saturated rings. The van der Waals surface area contributed by atoms with Gasteiger partial charge in [-0.15, -0.1) is 0 Å². The van der Waals surface area contributed by atoms with Crippen LogP contribution in [0.4, 0.5) is 0 Å². The van der Waals surface area contributed by atoms with Crippen molar-refractivity contribution in [2.24, 2.45) is 0 Å². The molecule has 0 saturated heterocycles. The maximum Gasteiger partial charge on any atom is -0.0166 e. The van der Waals surface area contributed by atoms with E-state index in [0.717, 1.165) is 12.8 Å². The van der Waals surface area contributed by atoms with Gasteiger partial charge in [-0.2, -0.15) is 0 Å². The molecule has 0 amide bonds. The number of unbranched alkanes of at least 4 members (excludes halogenated alkanes) is 6. The Hall–Kier alpha value is -0.780. The highest BCUT2D eigenvalue weighted by atomic mass is 13.9. The molecule has 0 rings (SSSR count). The maximum absolute atomic E-state index is 3.85. The fraction of sp³-hybridized carbons (Fsp3) is 0.588. The highest BCUT2D eigenvalue weighted by Crippen LogP contribution is 2.05. The van der Waals surface area contributed by atoms with Crippen LogP contribution in [0.5, 0.6) is 0 Å². The van der Waals surface area contributed by atoms with Gasteiger partial charge in [0.1, 0.15) is 0 Å². The van der Waals surface area contributed by atoms with Gasteiger partial charge < -0.3 is 0 Å². The second-order valence-corrected chi connectivity index (χ2v) is 4.41. The summed E-state index contributed by atoms with van der Waals surface area (Å²) in [5.41, 5.74) is 0. The van der Waals surface area contributed by atoms with Crippen LogP contribution in [-0.2, 0) is 0 Å². The van der Waals surface area contributed by atoms with Gasteiger partial charge in [-0.05, 0) is 25.7 Å². The molecule has 0 spiro atoms. The van der Waals surface area contributed by atoms with Gasteiger partial charge in [-0.1, -0.05) is 82.4 Å². The van der Waals surface area contributed by atoms with Crippen molar-refractivity contribution in [2.45, 2.75) is 64.7 Å². The second-order valence-electron chi connectivity index (χ2n) is 4.41. The fourth-order valence-corrected chi connectivity index (χ4v) is 1.58. The monoisotopic (exact) mass is 233 g/mol. The van der Waals surface area contributed by atoms with Gasteiger partial charge in [0, 0.05) is 0 Å². The van der Waals surface area contributed by atoms with Crippen molar-refractivity contribution >= 4 is 0 Å². The molecule has 0 aliphatic rings. The SMILES string of the molecule is [CH2]CCCCCC/C=C/C/C=C/C=C/CCC. The fourth-order valence-electron chi connectivity index (χ4n) is 1.58. The first-order valence-electron chi connectivity index (χ1n) is 7.17. The van der Waals surface area contributed by atoms with Crippen LogP contribution in [0.3, 0.4) is 0 Å². The Bertz CT molecular complexity index is 208. The van der Waals surface area contributed by atoms with Crippen LogP contribution in [0.2, 0.25) is 0 Å². The summed E-state index contributed by atoms with van der Waals surface area (Å²) in [6.07, 6.45) is 24.4. The molecule has 1 radical (unpaired) electrons. The average Bonchev–Trinajstić information content (AvgIpc) is 2.35. The summed E-state index contributed by atoms with van der Waals surface area (Å²) in [6, 6.07) is 0. The quantitative estimate of drug-likeness (QED) is 0.232. The van der Waals surface area contributed by atoms with Crippen LogP contribution in [0, 0.1) is 6.92 Å². The molecule has 0 saturated carbocycles. The number of hydrogen-bond acceptors (Lipinski definition) is 0. The topological polar surface area (TPSA) is 0 Å². The average molecular weight is 233 g/mol. The molecular weight excluding hydrogens is 204 g/mol. The van der Waals surface area contributed by atoms with Crippen molar-refractivity contribution in [3.05, 3.63) is 43.4 Å². The van der Waals surface area contributed by atoms with E-state index in [1.807, 2.05) is 0 Å². The lowest BCUT2D eigenvalue weighted by Crippen LogP contribution is -1.75. The molecule has 0 aromatic heterocycles. The van der Waals surface area contributed by atoms with Crippen LogP contribution in [0.25, 0.3) is 0 Å². The summed E-state index contributed by atoms with van der Waals surface area (Å²) in [7, 11) is 0. The van der Waals surface area contributed by atoms with E-state index in [0.29, 0.717) is 0 Å². The van der Waals surface area contributed by atoms with E-state index in [1.54, 1.807) is 0 Å². The van der Waals surface area contributed by atoms with Gasteiger partial charge in [0.15, 0.2) is 0 Å². The van der Waals surface area contributed by atoms with Gasteiger partial charge in [0.25, 0.3) is 0 Å². The van der Waals surface area contributed by atoms with Crippen molar-refractivity contribution in [2.75, 3.05) is 0 Å². The van der Waals surface area contributed by atoms with Crippen LogP contribution in [0.1, 0.15) is 64.7 Å². The molecule has 0 aliphatic heterocycles. The summed E-state index contributed by atoms with van der Waals surface area (Å²) in [6.45, 7) is 6.06. The summed E-state index contributed by atoms with van der Waals surface area (Å²) in [5, 5.41) is 0. The Balaban J connectivity index is 3.24. The van der Waals surface area contributed by atoms with Crippen LogP contribution in [0.15, 0.2) is 36.5 Å². The molecule has 0 aromatic carbocycles. The number of rotatable bonds is 11. The summed E-state index contributed by atoms with van der Waals surface area (Å²) < 4.78 is 0. The zero-order valence-electron chi connectivity index (χ0n) is 11.5. The molecule has 17 heavy (non-hydrogen) atoms. The zero-order chi connectivity index (χ0) is 12.6. The number of hydrogen-bond donors (Lipinski definition) is 0. The van der Waals surface area contributed by atoms with Crippen molar-refractivity contribution in [3.63, 3.8) is 0 Å². The van der Waals surface area contributed by atoms with E-state index in [9.17, 15) is 0 Å². The van der Waals surface area contributed by atoms with E-state index < -0.39 is 0 Å². The van der Waals surface area contributed by atoms with Gasteiger partial charge >= 0.3 is 0 Å². The van der Waals surface area contributed by atoms with E-state index in [-0.39, 0.29) is 0 Å².